The van der Waals surface area contributed by atoms with Gasteiger partial charge in [0.05, 0.1) is 29.8 Å². The Kier molecular flexibility index (Phi) is 6.98. The Morgan fingerprint density at radius 1 is 1.29 bits per heavy atom. The third-order valence-electron chi connectivity index (χ3n) is 4.43. The molecule has 2 N–H and O–H groups in total. The van der Waals surface area contributed by atoms with Gasteiger partial charge in [0.2, 0.25) is 0 Å². The van der Waals surface area contributed by atoms with E-state index in [1.807, 2.05) is 23.9 Å². The van der Waals surface area contributed by atoms with Gasteiger partial charge in [-0.3, -0.25) is 14.5 Å². The number of amides is 2. The monoisotopic (exact) mass is 418 g/mol. The van der Waals surface area contributed by atoms with Crippen LogP contribution >= 0.6 is 23.4 Å². The number of hydrogen-bond acceptors (Lipinski definition) is 6. The van der Waals surface area contributed by atoms with Gasteiger partial charge in [0.1, 0.15) is 6.07 Å². The van der Waals surface area contributed by atoms with Gasteiger partial charge >= 0.3 is 11.8 Å². The molecule has 1 saturated heterocycles. The number of thioether (sulfide) groups is 1. The second-order valence-corrected chi connectivity index (χ2v) is 7.85. The van der Waals surface area contributed by atoms with E-state index in [1.54, 1.807) is 18.6 Å². The van der Waals surface area contributed by atoms with Gasteiger partial charge in [-0.2, -0.15) is 17.0 Å². The first-order valence-electron chi connectivity index (χ1n) is 8.71. The van der Waals surface area contributed by atoms with Crippen LogP contribution in [0, 0.1) is 11.3 Å². The first kappa shape index (κ1) is 20.3. The average Bonchev–Trinajstić information content (AvgIpc) is 3.23. The van der Waals surface area contributed by atoms with Crippen molar-refractivity contribution in [3.63, 3.8) is 0 Å². The normalized spacial score (nSPS) is 15.4. The summed E-state index contributed by atoms with van der Waals surface area (Å²) in [5, 5.41) is 14.6. The zero-order chi connectivity index (χ0) is 19.9. The molecule has 0 radical (unpaired) electrons. The minimum absolute atomic E-state index is 0.0720. The largest absolute Gasteiger partial charge is 0.472 e. The van der Waals surface area contributed by atoms with Crippen molar-refractivity contribution < 1.29 is 14.0 Å². The fourth-order valence-corrected chi connectivity index (χ4v) is 4.08. The van der Waals surface area contributed by atoms with Crippen LogP contribution in [0.5, 0.6) is 0 Å². The Morgan fingerprint density at radius 2 is 2.07 bits per heavy atom. The second kappa shape index (κ2) is 9.64. The number of carbonyl (C=O) groups is 2. The number of rotatable bonds is 5. The predicted molar refractivity (Wildman–Crippen MR) is 108 cm³/mol. The van der Waals surface area contributed by atoms with Gasteiger partial charge in [-0.05, 0) is 24.3 Å². The molecule has 2 aromatic rings. The smallest absolute Gasteiger partial charge is 0.313 e. The lowest BCUT2D eigenvalue weighted by molar-refractivity contribution is -0.136. The van der Waals surface area contributed by atoms with E-state index in [0.29, 0.717) is 5.02 Å². The topological polar surface area (TPSA) is 98.4 Å². The summed E-state index contributed by atoms with van der Waals surface area (Å²) in [7, 11) is 0. The Hall–Kier alpha value is -2.47. The summed E-state index contributed by atoms with van der Waals surface area (Å²) >= 11 is 7.80. The fourth-order valence-electron chi connectivity index (χ4n) is 2.98. The third-order valence-corrected chi connectivity index (χ3v) is 5.60. The molecule has 28 heavy (non-hydrogen) atoms. The molecule has 9 heteroatoms. The number of benzene rings is 1. The molecule has 0 unspecified atom stereocenters. The van der Waals surface area contributed by atoms with Gasteiger partial charge in [0, 0.05) is 41.7 Å². The Balaban J connectivity index is 1.63. The summed E-state index contributed by atoms with van der Waals surface area (Å²) in [6.45, 7) is 2.07. The highest BCUT2D eigenvalue weighted by Crippen LogP contribution is 2.24. The molecule has 0 aliphatic carbocycles. The van der Waals surface area contributed by atoms with Gasteiger partial charge in [-0.1, -0.05) is 11.6 Å². The molecule has 3 rings (SSSR count). The number of furan rings is 1. The summed E-state index contributed by atoms with van der Waals surface area (Å²) in [6, 6.07) is 8.21. The van der Waals surface area contributed by atoms with E-state index in [1.165, 1.54) is 12.1 Å². The van der Waals surface area contributed by atoms with Crippen LogP contribution < -0.4 is 10.6 Å². The number of carbonyl (C=O) groups excluding carboxylic acids is 2. The molecule has 1 aromatic heterocycles. The molecule has 0 bridgehead atoms. The highest BCUT2D eigenvalue weighted by molar-refractivity contribution is 7.99. The summed E-state index contributed by atoms with van der Waals surface area (Å²) in [5.74, 6) is 0.422. The van der Waals surface area contributed by atoms with Gasteiger partial charge in [-0.15, -0.1) is 0 Å². The van der Waals surface area contributed by atoms with Crippen molar-refractivity contribution in [2.24, 2.45) is 0 Å². The molecule has 7 nitrogen and oxygen atoms in total. The zero-order valence-electron chi connectivity index (χ0n) is 15.0. The Labute approximate surface area is 172 Å². The summed E-state index contributed by atoms with van der Waals surface area (Å²) < 4.78 is 5.19. The first-order chi connectivity index (χ1) is 13.6. The van der Waals surface area contributed by atoms with Crippen LogP contribution in [-0.4, -0.2) is 47.9 Å². The van der Waals surface area contributed by atoms with E-state index in [-0.39, 0.29) is 23.8 Å². The minimum Gasteiger partial charge on any atom is -0.472 e. The molecule has 1 aliphatic heterocycles. The van der Waals surface area contributed by atoms with Crippen molar-refractivity contribution >= 4 is 40.9 Å². The standard InChI is InChI=1S/C19H19ClN4O3S/c20-15-2-1-13(10-21)16(9-15)23-19(26)18(25)22-11-17(14-3-6-27-12-14)24-4-7-28-8-5-24/h1-3,6,9,12,17H,4-5,7-8,11H2,(H,22,25)(H,23,26)/t17-/m0/s1. The second-order valence-electron chi connectivity index (χ2n) is 6.19. The molecule has 146 valence electrons. The van der Waals surface area contributed by atoms with Gasteiger partial charge in [-0.25, -0.2) is 0 Å². The van der Waals surface area contributed by atoms with Crippen LogP contribution in [0.15, 0.2) is 41.2 Å². The highest BCUT2D eigenvalue weighted by atomic mass is 35.5. The van der Waals surface area contributed by atoms with E-state index in [4.69, 9.17) is 21.3 Å². The van der Waals surface area contributed by atoms with Crippen molar-refractivity contribution in [1.29, 1.82) is 5.26 Å². The van der Waals surface area contributed by atoms with Crippen molar-refractivity contribution in [2.75, 3.05) is 36.5 Å². The highest BCUT2D eigenvalue weighted by Gasteiger charge is 2.25. The quantitative estimate of drug-likeness (QED) is 0.724. The van der Waals surface area contributed by atoms with E-state index in [9.17, 15) is 9.59 Å². The molecule has 2 heterocycles. The fraction of sp³-hybridized carbons (Fsp3) is 0.316. The molecule has 0 spiro atoms. The number of nitrogens with zero attached hydrogens (tertiary/aromatic N) is 2. The van der Waals surface area contributed by atoms with E-state index < -0.39 is 11.8 Å². The van der Waals surface area contributed by atoms with E-state index >= 15 is 0 Å². The van der Waals surface area contributed by atoms with E-state index in [2.05, 4.69) is 15.5 Å². The lowest BCUT2D eigenvalue weighted by Crippen LogP contribution is -2.44. The van der Waals surface area contributed by atoms with Crippen molar-refractivity contribution in [2.45, 2.75) is 6.04 Å². The van der Waals surface area contributed by atoms with Crippen molar-refractivity contribution in [3.05, 3.63) is 52.9 Å². The van der Waals surface area contributed by atoms with Crippen LogP contribution in [-0.2, 0) is 9.59 Å². The number of halogens is 1. The summed E-state index contributed by atoms with van der Waals surface area (Å²) in [6.07, 6.45) is 3.25. The number of hydrogen-bond donors (Lipinski definition) is 2. The Morgan fingerprint density at radius 3 is 2.75 bits per heavy atom. The SMILES string of the molecule is N#Cc1ccc(Cl)cc1NC(=O)C(=O)NC[C@@H](c1ccoc1)N1CCSCC1. The number of anilines is 1. The van der Waals surface area contributed by atoms with Crippen LogP contribution in [0.3, 0.4) is 0 Å². The summed E-state index contributed by atoms with van der Waals surface area (Å²) in [4.78, 5) is 26.8. The first-order valence-corrected chi connectivity index (χ1v) is 10.2. The molecule has 1 aromatic carbocycles. The lowest BCUT2D eigenvalue weighted by atomic mass is 10.1. The third kappa shape index (κ3) is 5.07. The van der Waals surface area contributed by atoms with Crippen LogP contribution in [0.1, 0.15) is 17.2 Å². The van der Waals surface area contributed by atoms with Crippen LogP contribution in [0.25, 0.3) is 0 Å². The predicted octanol–water partition coefficient (Wildman–Crippen LogP) is 2.65. The van der Waals surface area contributed by atoms with Crippen molar-refractivity contribution in [3.8, 4) is 6.07 Å². The average molecular weight is 419 g/mol. The molecular weight excluding hydrogens is 400 g/mol. The molecule has 1 aliphatic rings. The molecule has 1 fully saturated rings. The van der Waals surface area contributed by atoms with Crippen molar-refractivity contribution in [1.82, 2.24) is 10.2 Å². The van der Waals surface area contributed by atoms with Crippen LogP contribution in [0.4, 0.5) is 5.69 Å². The minimum atomic E-state index is -0.848. The van der Waals surface area contributed by atoms with Gasteiger partial charge in [0.25, 0.3) is 0 Å². The number of nitrogens with one attached hydrogen (secondary N) is 2. The van der Waals surface area contributed by atoms with E-state index in [0.717, 1.165) is 30.2 Å². The number of nitriles is 1. The maximum atomic E-state index is 12.3. The molecule has 2 amide bonds. The molecule has 0 saturated carbocycles. The molecular formula is C19H19ClN4O3S. The maximum Gasteiger partial charge on any atom is 0.313 e. The van der Waals surface area contributed by atoms with Gasteiger partial charge in [0.15, 0.2) is 0 Å². The van der Waals surface area contributed by atoms with Crippen LogP contribution in [0.2, 0.25) is 5.02 Å². The molecule has 1 atom stereocenters. The maximum absolute atomic E-state index is 12.3. The van der Waals surface area contributed by atoms with Gasteiger partial charge < -0.3 is 15.1 Å². The Bertz CT molecular complexity index is 876. The summed E-state index contributed by atoms with van der Waals surface area (Å²) in [5.41, 5.74) is 1.39. The zero-order valence-corrected chi connectivity index (χ0v) is 16.6. The lowest BCUT2D eigenvalue weighted by Gasteiger charge is -2.33.